The molecule has 6 heteroatoms. The molecule has 1 amide bonds. The van der Waals surface area contributed by atoms with Gasteiger partial charge >= 0.3 is 0 Å². The highest BCUT2D eigenvalue weighted by Gasteiger charge is 2.06. The Hall–Kier alpha value is -3.12. The lowest BCUT2D eigenvalue weighted by molar-refractivity contribution is -0.118. The van der Waals surface area contributed by atoms with Crippen LogP contribution in [0.3, 0.4) is 0 Å². The van der Waals surface area contributed by atoms with Crippen molar-refractivity contribution >= 4 is 11.6 Å². The fourth-order valence-corrected chi connectivity index (χ4v) is 2.50. The molecule has 0 saturated heterocycles. The minimum absolute atomic E-state index is 0.0189. The number of aliphatic hydroxyl groups excluding tert-OH is 1. The molecule has 0 aliphatic heterocycles. The summed E-state index contributed by atoms with van der Waals surface area (Å²) in [7, 11) is 0. The van der Waals surface area contributed by atoms with E-state index in [1.807, 2.05) is 42.7 Å². The SMILES string of the molecule is Cc1ncn(-c2ccc(NC(=O)COc3ccc(CO)cc3)cc2)c1C. The molecule has 0 fully saturated rings. The molecule has 6 nitrogen and oxygen atoms in total. The quantitative estimate of drug-likeness (QED) is 0.716. The number of imidazole rings is 1. The third kappa shape index (κ3) is 4.10. The number of carbonyl (C=O) groups is 1. The first-order valence-corrected chi connectivity index (χ1v) is 8.30. The minimum atomic E-state index is -0.237. The number of rotatable bonds is 6. The second-order valence-corrected chi connectivity index (χ2v) is 5.97. The first-order valence-electron chi connectivity index (χ1n) is 8.30. The van der Waals surface area contributed by atoms with Crippen molar-refractivity contribution in [1.82, 2.24) is 9.55 Å². The summed E-state index contributed by atoms with van der Waals surface area (Å²) in [6.45, 7) is 3.88. The Balaban J connectivity index is 1.56. The van der Waals surface area contributed by atoms with E-state index in [4.69, 9.17) is 9.84 Å². The molecule has 1 aromatic heterocycles. The molecule has 0 saturated carbocycles. The van der Waals surface area contributed by atoms with Gasteiger partial charge in [0.1, 0.15) is 5.75 Å². The van der Waals surface area contributed by atoms with Gasteiger partial charge in [-0.2, -0.15) is 0 Å². The number of benzene rings is 2. The maximum absolute atomic E-state index is 12.0. The van der Waals surface area contributed by atoms with Gasteiger partial charge in [-0.1, -0.05) is 12.1 Å². The van der Waals surface area contributed by atoms with Gasteiger partial charge in [0.25, 0.3) is 5.91 Å². The summed E-state index contributed by atoms with van der Waals surface area (Å²) in [4.78, 5) is 16.3. The van der Waals surface area contributed by atoms with Gasteiger partial charge in [-0.15, -0.1) is 0 Å². The van der Waals surface area contributed by atoms with Crippen molar-refractivity contribution in [3.63, 3.8) is 0 Å². The highest BCUT2D eigenvalue weighted by Crippen LogP contribution is 2.17. The Kier molecular flexibility index (Phi) is 5.34. The van der Waals surface area contributed by atoms with Crippen molar-refractivity contribution in [2.24, 2.45) is 0 Å². The zero-order valence-electron chi connectivity index (χ0n) is 14.8. The van der Waals surface area contributed by atoms with Crippen LogP contribution in [0, 0.1) is 13.8 Å². The van der Waals surface area contributed by atoms with E-state index in [1.165, 1.54) is 0 Å². The van der Waals surface area contributed by atoms with Crippen LogP contribution in [0.1, 0.15) is 17.0 Å². The summed E-state index contributed by atoms with van der Waals surface area (Å²) in [5.74, 6) is 0.345. The van der Waals surface area contributed by atoms with Crippen LogP contribution in [-0.4, -0.2) is 27.2 Å². The fourth-order valence-electron chi connectivity index (χ4n) is 2.50. The van der Waals surface area contributed by atoms with E-state index < -0.39 is 0 Å². The summed E-state index contributed by atoms with van der Waals surface area (Å²) < 4.78 is 7.45. The summed E-state index contributed by atoms with van der Waals surface area (Å²) in [5.41, 5.74) is 4.56. The summed E-state index contributed by atoms with van der Waals surface area (Å²) in [6.07, 6.45) is 1.79. The smallest absolute Gasteiger partial charge is 0.262 e. The maximum atomic E-state index is 12.0. The molecule has 2 aromatic carbocycles. The molecule has 0 aliphatic rings. The van der Waals surface area contributed by atoms with E-state index in [9.17, 15) is 4.79 Å². The van der Waals surface area contributed by atoms with Crippen LogP contribution in [0.4, 0.5) is 5.69 Å². The number of carbonyl (C=O) groups excluding carboxylic acids is 1. The van der Waals surface area contributed by atoms with E-state index in [-0.39, 0.29) is 19.1 Å². The van der Waals surface area contributed by atoms with Gasteiger partial charge in [-0.25, -0.2) is 4.98 Å². The predicted octanol–water partition coefficient (Wildman–Crippen LogP) is 3.00. The number of ether oxygens (including phenoxy) is 1. The number of nitrogens with zero attached hydrogens (tertiary/aromatic N) is 2. The van der Waals surface area contributed by atoms with E-state index in [0.29, 0.717) is 11.4 Å². The van der Waals surface area contributed by atoms with E-state index in [0.717, 1.165) is 22.6 Å². The number of hydrogen-bond donors (Lipinski definition) is 2. The average Bonchev–Trinajstić information content (AvgIpc) is 3.00. The summed E-state index contributed by atoms with van der Waals surface area (Å²) in [6, 6.07) is 14.5. The van der Waals surface area contributed by atoms with Gasteiger partial charge in [0.05, 0.1) is 18.6 Å². The molecule has 3 rings (SSSR count). The highest BCUT2D eigenvalue weighted by atomic mass is 16.5. The number of amides is 1. The van der Waals surface area contributed by atoms with Crippen molar-refractivity contribution in [1.29, 1.82) is 0 Å². The van der Waals surface area contributed by atoms with E-state index in [1.54, 1.807) is 30.6 Å². The molecule has 0 atom stereocenters. The molecule has 0 aliphatic carbocycles. The molecular weight excluding hydrogens is 330 g/mol. The average molecular weight is 351 g/mol. The third-order valence-electron chi connectivity index (χ3n) is 4.16. The molecule has 26 heavy (non-hydrogen) atoms. The van der Waals surface area contributed by atoms with Gasteiger partial charge in [0, 0.05) is 17.1 Å². The predicted molar refractivity (Wildman–Crippen MR) is 99.5 cm³/mol. The molecular formula is C20H21N3O3. The lowest BCUT2D eigenvalue weighted by atomic mass is 10.2. The van der Waals surface area contributed by atoms with E-state index >= 15 is 0 Å². The number of aryl methyl sites for hydroxylation is 1. The van der Waals surface area contributed by atoms with Crippen molar-refractivity contribution in [3.05, 3.63) is 71.8 Å². The highest BCUT2D eigenvalue weighted by molar-refractivity contribution is 5.91. The lowest BCUT2D eigenvalue weighted by Crippen LogP contribution is -2.20. The number of hydrogen-bond acceptors (Lipinski definition) is 4. The topological polar surface area (TPSA) is 76.4 Å². The van der Waals surface area contributed by atoms with Crippen molar-refractivity contribution < 1.29 is 14.6 Å². The number of aromatic nitrogens is 2. The molecule has 2 N–H and O–H groups in total. The monoisotopic (exact) mass is 351 g/mol. The molecule has 0 bridgehead atoms. The van der Waals surface area contributed by atoms with Crippen LogP contribution >= 0.6 is 0 Å². The van der Waals surface area contributed by atoms with Crippen molar-refractivity contribution in [3.8, 4) is 11.4 Å². The van der Waals surface area contributed by atoms with Crippen LogP contribution in [0.15, 0.2) is 54.9 Å². The second kappa shape index (κ2) is 7.84. The largest absolute Gasteiger partial charge is 0.484 e. The van der Waals surface area contributed by atoms with Crippen molar-refractivity contribution in [2.75, 3.05) is 11.9 Å². The summed E-state index contributed by atoms with van der Waals surface area (Å²) >= 11 is 0. The van der Waals surface area contributed by atoms with Gasteiger partial charge in [-0.3, -0.25) is 4.79 Å². The molecule has 134 valence electrons. The molecule has 1 heterocycles. The van der Waals surface area contributed by atoms with Gasteiger partial charge in [-0.05, 0) is 55.8 Å². The van der Waals surface area contributed by atoms with Gasteiger partial charge in [0.15, 0.2) is 6.61 Å². The zero-order valence-corrected chi connectivity index (χ0v) is 14.8. The Morgan fingerprint density at radius 2 is 1.81 bits per heavy atom. The lowest BCUT2D eigenvalue weighted by Gasteiger charge is -2.10. The molecule has 0 radical (unpaired) electrons. The second-order valence-electron chi connectivity index (χ2n) is 5.97. The standard InChI is InChI=1S/C20H21N3O3/c1-14-15(2)23(13-21-14)18-7-5-17(6-8-18)22-20(25)12-26-19-9-3-16(11-24)4-10-19/h3-10,13,24H,11-12H2,1-2H3,(H,22,25). The number of nitrogens with one attached hydrogen (secondary N) is 1. The Bertz CT molecular complexity index is 884. The normalized spacial score (nSPS) is 10.6. The van der Waals surface area contributed by atoms with Crippen LogP contribution in [-0.2, 0) is 11.4 Å². The van der Waals surface area contributed by atoms with Gasteiger partial charge < -0.3 is 19.7 Å². The summed E-state index contributed by atoms with van der Waals surface area (Å²) in [5, 5.41) is 11.8. The van der Waals surface area contributed by atoms with Crippen LogP contribution in [0.25, 0.3) is 5.69 Å². The van der Waals surface area contributed by atoms with E-state index in [2.05, 4.69) is 10.3 Å². The van der Waals surface area contributed by atoms with Crippen LogP contribution in [0.5, 0.6) is 5.75 Å². The maximum Gasteiger partial charge on any atom is 0.262 e. The van der Waals surface area contributed by atoms with Gasteiger partial charge in [0.2, 0.25) is 0 Å². The molecule has 0 spiro atoms. The molecule has 0 unspecified atom stereocenters. The fraction of sp³-hybridized carbons (Fsp3) is 0.200. The Morgan fingerprint density at radius 3 is 2.38 bits per heavy atom. The van der Waals surface area contributed by atoms with Crippen LogP contribution in [0.2, 0.25) is 0 Å². The molecule has 3 aromatic rings. The zero-order chi connectivity index (χ0) is 18.5. The Labute approximate surface area is 152 Å². The van der Waals surface area contributed by atoms with Crippen molar-refractivity contribution in [2.45, 2.75) is 20.5 Å². The number of anilines is 1. The number of aliphatic hydroxyl groups is 1. The Morgan fingerprint density at radius 1 is 1.12 bits per heavy atom. The third-order valence-corrected chi connectivity index (χ3v) is 4.16. The minimum Gasteiger partial charge on any atom is -0.484 e. The first-order chi connectivity index (χ1) is 12.6. The van der Waals surface area contributed by atoms with Crippen LogP contribution < -0.4 is 10.1 Å². The first kappa shape index (κ1) is 17.7.